The molecular weight excluding hydrogens is 520 g/mol. The van der Waals surface area contributed by atoms with E-state index in [2.05, 4.69) is 54.6 Å². The smallest absolute Gasteiger partial charge is 0.135 e. The van der Waals surface area contributed by atoms with Gasteiger partial charge in [-0.3, -0.25) is 0 Å². The summed E-state index contributed by atoms with van der Waals surface area (Å²) < 4.78 is 43.3. The molecule has 0 saturated carbocycles. The van der Waals surface area contributed by atoms with Crippen LogP contribution in [-0.4, -0.2) is 0 Å². The van der Waals surface area contributed by atoms with Gasteiger partial charge in [0.15, 0.2) is 0 Å². The molecule has 1 nitrogen and oxygen atoms in total. The third-order valence-electron chi connectivity index (χ3n) is 8.48. The van der Waals surface area contributed by atoms with E-state index < -0.39 is 0 Å². The van der Waals surface area contributed by atoms with Crippen LogP contribution < -0.4 is 4.74 Å². The minimum absolute atomic E-state index is 0.268. The molecule has 200 valence electrons. The first-order chi connectivity index (χ1) is 23.0. The second kappa shape index (κ2) is 9.44. The van der Waals surface area contributed by atoms with Crippen molar-refractivity contribution in [2.75, 3.05) is 0 Å². The summed E-state index contributed by atoms with van der Waals surface area (Å²) in [4.78, 5) is 0. The van der Waals surface area contributed by atoms with E-state index in [9.17, 15) is 5.48 Å². The number of rotatable bonds is 3. The van der Waals surface area contributed by atoms with Gasteiger partial charge in [0.25, 0.3) is 0 Å². The lowest BCUT2D eigenvalue weighted by atomic mass is 9.84. The van der Waals surface area contributed by atoms with Crippen molar-refractivity contribution in [1.82, 2.24) is 0 Å². The molecule has 0 aromatic heterocycles. The standard InChI is InChI=1S/C42H26O/c1-2-11-27(12-3-1)29-15-8-16-30(25-29)40-32-17-4-6-19-34(32)41(35-20-7-5-18-33(35)40)31-23-24-38-37(26-31)36-21-9-13-28-14-10-22-39(43-38)42(28)36/h1-26H/i17D,18D,19D,20D. The second-order valence-corrected chi connectivity index (χ2v) is 10.9. The van der Waals surface area contributed by atoms with Gasteiger partial charge in [0.2, 0.25) is 0 Å². The molecule has 8 aromatic rings. The number of benzene rings is 8. The monoisotopic (exact) mass is 550 g/mol. The summed E-state index contributed by atoms with van der Waals surface area (Å²) in [6.45, 7) is 0. The summed E-state index contributed by atoms with van der Waals surface area (Å²) in [5, 5.41) is 4.54. The molecule has 8 aromatic carbocycles. The summed E-state index contributed by atoms with van der Waals surface area (Å²) in [7, 11) is 0. The highest BCUT2D eigenvalue weighted by atomic mass is 16.5. The first-order valence-corrected chi connectivity index (χ1v) is 14.4. The van der Waals surface area contributed by atoms with Gasteiger partial charge < -0.3 is 4.74 Å². The molecule has 0 spiro atoms. The normalized spacial score (nSPS) is 13.2. The molecule has 0 N–H and O–H groups in total. The SMILES string of the molecule is [2H]c1ccc([2H])c2c(-c3ccc4c(c3)-c3cccc5cccc(c35)O4)c3c([2H])ccc([2H])c3c(-c3cccc(-c4ccccc4)c3)c12. The number of fused-ring (bicyclic) bond motifs is 4. The van der Waals surface area contributed by atoms with Gasteiger partial charge in [-0.2, -0.15) is 0 Å². The third kappa shape index (κ3) is 3.72. The van der Waals surface area contributed by atoms with Crippen LogP contribution in [0.4, 0.5) is 0 Å². The van der Waals surface area contributed by atoms with E-state index in [1.165, 1.54) is 0 Å². The van der Waals surface area contributed by atoms with Crippen molar-refractivity contribution in [3.63, 3.8) is 0 Å². The van der Waals surface area contributed by atoms with Crippen LogP contribution in [0.15, 0.2) is 158 Å². The third-order valence-corrected chi connectivity index (χ3v) is 8.48. The van der Waals surface area contributed by atoms with Gasteiger partial charge in [0, 0.05) is 10.9 Å². The van der Waals surface area contributed by atoms with Gasteiger partial charge in [0.1, 0.15) is 11.5 Å². The maximum atomic E-state index is 9.25. The number of hydrogen-bond donors (Lipinski definition) is 0. The van der Waals surface area contributed by atoms with Crippen LogP contribution in [0.25, 0.3) is 76.8 Å². The first kappa shape index (κ1) is 20.3. The highest BCUT2D eigenvalue weighted by Gasteiger charge is 2.22. The van der Waals surface area contributed by atoms with E-state index in [1.807, 2.05) is 54.6 Å². The average Bonchev–Trinajstić information content (AvgIpc) is 3.11. The molecule has 0 fully saturated rings. The lowest BCUT2D eigenvalue weighted by Crippen LogP contribution is -1.98. The molecule has 0 saturated heterocycles. The lowest BCUT2D eigenvalue weighted by molar-refractivity contribution is 0.487. The summed E-state index contributed by atoms with van der Waals surface area (Å²) >= 11 is 0. The van der Waals surface area contributed by atoms with Crippen LogP contribution >= 0.6 is 0 Å². The van der Waals surface area contributed by atoms with Gasteiger partial charge in [-0.15, -0.1) is 0 Å². The molecule has 9 rings (SSSR count). The number of hydrogen-bond acceptors (Lipinski definition) is 1. The predicted molar refractivity (Wildman–Crippen MR) is 181 cm³/mol. The highest BCUT2D eigenvalue weighted by Crippen LogP contribution is 2.49. The lowest BCUT2D eigenvalue weighted by Gasteiger charge is -2.23. The number of ether oxygens (including phenoxy) is 1. The Balaban J connectivity index is 1.40. The van der Waals surface area contributed by atoms with E-state index in [0.717, 1.165) is 55.7 Å². The largest absolute Gasteiger partial charge is 0.456 e. The van der Waals surface area contributed by atoms with Gasteiger partial charge >= 0.3 is 0 Å². The topological polar surface area (TPSA) is 9.23 Å². The molecular formula is C42H26O. The highest BCUT2D eigenvalue weighted by molar-refractivity contribution is 6.21. The Hall–Kier alpha value is -5.66. The van der Waals surface area contributed by atoms with Crippen molar-refractivity contribution in [3.8, 4) is 56.0 Å². The molecule has 0 amide bonds. The van der Waals surface area contributed by atoms with Gasteiger partial charge in [-0.1, -0.05) is 133 Å². The summed E-state index contributed by atoms with van der Waals surface area (Å²) in [5.41, 5.74) is 7.10. The Morgan fingerprint density at radius 2 is 0.977 bits per heavy atom. The van der Waals surface area contributed by atoms with Gasteiger partial charge in [-0.05, 0) is 90.1 Å². The summed E-state index contributed by atoms with van der Waals surface area (Å²) in [6, 6.07) is 44.3. The maximum absolute atomic E-state index is 9.25. The zero-order chi connectivity index (χ0) is 31.8. The van der Waals surface area contributed by atoms with E-state index in [-0.39, 0.29) is 24.2 Å². The molecule has 0 atom stereocenters. The fourth-order valence-corrected chi connectivity index (χ4v) is 6.61. The molecule has 1 heteroatoms. The quantitative estimate of drug-likeness (QED) is 0.199. The van der Waals surface area contributed by atoms with Gasteiger partial charge in [0.05, 0.1) is 5.48 Å². The fourth-order valence-electron chi connectivity index (χ4n) is 6.61. The second-order valence-electron chi connectivity index (χ2n) is 10.9. The Labute approximate surface area is 255 Å². The molecule has 0 bridgehead atoms. The molecule has 1 aliphatic rings. The first-order valence-electron chi connectivity index (χ1n) is 16.4. The molecule has 1 heterocycles. The van der Waals surface area contributed by atoms with Crippen molar-refractivity contribution in [1.29, 1.82) is 0 Å². The van der Waals surface area contributed by atoms with Crippen LogP contribution in [-0.2, 0) is 0 Å². The van der Waals surface area contributed by atoms with Gasteiger partial charge in [-0.25, -0.2) is 0 Å². The molecule has 1 aliphatic heterocycles. The van der Waals surface area contributed by atoms with E-state index >= 15 is 0 Å². The zero-order valence-electron chi connectivity index (χ0n) is 27.1. The molecule has 0 aliphatic carbocycles. The van der Waals surface area contributed by atoms with Crippen LogP contribution in [0.5, 0.6) is 11.5 Å². The van der Waals surface area contributed by atoms with Crippen molar-refractivity contribution < 1.29 is 10.2 Å². The molecule has 43 heavy (non-hydrogen) atoms. The Morgan fingerprint density at radius 3 is 1.67 bits per heavy atom. The van der Waals surface area contributed by atoms with Crippen molar-refractivity contribution in [2.45, 2.75) is 0 Å². The van der Waals surface area contributed by atoms with Crippen LogP contribution in [0.3, 0.4) is 0 Å². The van der Waals surface area contributed by atoms with Crippen molar-refractivity contribution >= 4 is 32.3 Å². The summed E-state index contributed by atoms with van der Waals surface area (Å²) in [5.74, 6) is 1.55. The van der Waals surface area contributed by atoms with Crippen LogP contribution in [0.2, 0.25) is 0 Å². The van der Waals surface area contributed by atoms with E-state index in [1.54, 1.807) is 24.3 Å². The Bertz CT molecular complexity index is 2520. The van der Waals surface area contributed by atoms with E-state index in [0.29, 0.717) is 32.7 Å². The average molecular weight is 551 g/mol. The van der Waals surface area contributed by atoms with Crippen LogP contribution in [0.1, 0.15) is 5.48 Å². The fraction of sp³-hybridized carbons (Fsp3) is 0. The minimum atomic E-state index is 0.268. The van der Waals surface area contributed by atoms with Crippen molar-refractivity contribution in [2.24, 2.45) is 0 Å². The Morgan fingerprint density at radius 1 is 0.395 bits per heavy atom. The summed E-state index contributed by atoms with van der Waals surface area (Å²) in [6.07, 6.45) is 0. The van der Waals surface area contributed by atoms with Crippen LogP contribution in [0, 0.1) is 0 Å². The predicted octanol–water partition coefficient (Wildman–Crippen LogP) is 11.9. The molecule has 0 radical (unpaired) electrons. The minimum Gasteiger partial charge on any atom is -0.456 e. The Kier molecular flexibility index (Phi) is 4.45. The molecule has 0 unspecified atom stereocenters. The zero-order valence-corrected chi connectivity index (χ0v) is 23.1. The van der Waals surface area contributed by atoms with E-state index in [4.69, 9.17) is 4.74 Å². The maximum Gasteiger partial charge on any atom is 0.135 e. The van der Waals surface area contributed by atoms with Crippen molar-refractivity contribution in [3.05, 3.63) is 158 Å².